The molecule has 3 aliphatic rings. The maximum absolute atomic E-state index is 12.7. The second-order valence-electron chi connectivity index (χ2n) is 10.0. The highest BCUT2D eigenvalue weighted by Gasteiger charge is 2.35. The zero-order valence-corrected chi connectivity index (χ0v) is 20.3. The van der Waals surface area contributed by atoms with Crippen LogP contribution < -0.4 is 0 Å². The van der Waals surface area contributed by atoms with E-state index in [2.05, 4.69) is 0 Å². The van der Waals surface area contributed by atoms with Crippen LogP contribution in [0.5, 0.6) is 0 Å². The van der Waals surface area contributed by atoms with Crippen LogP contribution in [0.4, 0.5) is 0 Å². The summed E-state index contributed by atoms with van der Waals surface area (Å²) in [6, 6.07) is 1.66. The molecule has 1 aromatic carbocycles. The molecule has 0 aromatic heterocycles. The van der Waals surface area contributed by atoms with Crippen LogP contribution >= 0.6 is 0 Å². The van der Waals surface area contributed by atoms with Crippen LogP contribution in [0, 0.1) is 0 Å². The standard InChI is InChI=1S/C24H36O6S2/c25-31(26,27)23-20(17-10-4-1-5-11-17)16-21(18-12-6-2-7-13-18)24(32(28,29)30)22(23)19-14-8-3-9-15-19/h16-19H,1-15H2,(H,25,26,27)(H,28,29,30)/p-2. The minimum atomic E-state index is -4.95. The Morgan fingerprint density at radius 2 is 0.844 bits per heavy atom. The van der Waals surface area contributed by atoms with Gasteiger partial charge >= 0.3 is 0 Å². The molecule has 0 spiro atoms. The van der Waals surface area contributed by atoms with Gasteiger partial charge in [0.15, 0.2) is 0 Å². The third kappa shape index (κ3) is 5.08. The molecule has 3 saturated carbocycles. The molecule has 0 aliphatic heterocycles. The Morgan fingerprint density at radius 1 is 0.531 bits per heavy atom. The molecule has 3 aliphatic carbocycles. The molecule has 8 heteroatoms. The monoisotopic (exact) mass is 482 g/mol. The van der Waals surface area contributed by atoms with E-state index >= 15 is 0 Å². The van der Waals surface area contributed by atoms with E-state index in [0.29, 0.717) is 24.0 Å². The topological polar surface area (TPSA) is 114 Å². The summed E-state index contributed by atoms with van der Waals surface area (Å²) < 4.78 is 76.0. The van der Waals surface area contributed by atoms with E-state index in [1.165, 1.54) is 0 Å². The van der Waals surface area contributed by atoms with Crippen molar-refractivity contribution in [2.45, 2.75) is 124 Å². The van der Waals surface area contributed by atoms with Crippen molar-refractivity contribution in [3.8, 4) is 0 Å². The van der Waals surface area contributed by atoms with Crippen molar-refractivity contribution in [1.29, 1.82) is 0 Å². The van der Waals surface area contributed by atoms with Crippen molar-refractivity contribution in [3.63, 3.8) is 0 Å². The molecule has 4 rings (SSSR count). The van der Waals surface area contributed by atoms with Crippen LogP contribution in [0.3, 0.4) is 0 Å². The second-order valence-corrected chi connectivity index (χ2v) is 12.7. The largest absolute Gasteiger partial charge is 0.744 e. The first kappa shape index (κ1) is 24.2. The molecule has 0 radical (unpaired) electrons. The minimum Gasteiger partial charge on any atom is -0.744 e. The summed E-state index contributed by atoms with van der Waals surface area (Å²) in [5.74, 6) is -0.516. The van der Waals surface area contributed by atoms with E-state index in [9.17, 15) is 25.9 Å². The van der Waals surface area contributed by atoms with E-state index in [-0.39, 0.29) is 33.1 Å². The average Bonchev–Trinajstić information content (AvgIpc) is 2.78. The van der Waals surface area contributed by atoms with Gasteiger partial charge in [0.2, 0.25) is 0 Å². The molecular weight excluding hydrogens is 448 g/mol. The molecule has 6 nitrogen and oxygen atoms in total. The molecule has 0 heterocycles. The van der Waals surface area contributed by atoms with E-state index in [1.54, 1.807) is 6.07 Å². The van der Waals surface area contributed by atoms with E-state index < -0.39 is 20.2 Å². The van der Waals surface area contributed by atoms with Crippen LogP contribution in [0.2, 0.25) is 0 Å². The number of rotatable bonds is 5. The fourth-order valence-electron chi connectivity index (χ4n) is 6.47. The van der Waals surface area contributed by atoms with E-state index in [1.807, 2.05) is 0 Å². The molecule has 0 amide bonds. The fourth-order valence-corrected chi connectivity index (χ4v) is 8.64. The van der Waals surface area contributed by atoms with Crippen LogP contribution in [-0.2, 0) is 20.2 Å². The Balaban J connectivity index is 2.05. The summed E-state index contributed by atoms with van der Waals surface area (Å²) in [6.45, 7) is 0. The number of benzene rings is 1. The SMILES string of the molecule is O=S(=O)([O-])c1c(C2CCCCC2)cc(C2CCCCC2)c(S(=O)(=O)[O-])c1C1CCCCC1. The Labute approximate surface area is 192 Å². The molecule has 0 atom stereocenters. The normalized spacial score (nSPS) is 22.8. The quantitative estimate of drug-likeness (QED) is 0.502. The molecule has 32 heavy (non-hydrogen) atoms. The summed E-state index contributed by atoms with van der Waals surface area (Å²) in [6.07, 6.45) is 13.1. The Morgan fingerprint density at radius 3 is 1.16 bits per heavy atom. The first-order chi connectivity index (χ1) is 15.2. The molecule has 0 bridgehead atoms. The fraction of sp³-hybridized carbons (Fsp3) is 0.750. The van der Waals surface area contributed by atoms with Gasteiger partial charge in [-0.15, -0.1) is 0 Å². The zero-order valence-electron chi connectivity index (χ0n) is 18.7. The minimum absolute atomic E-state index is 0.0540. The van der Waals surface area contributed by atoms with Gasteiger partial charge in [0.1, 0.15) is 20.2 Å². The summed E-state index contributed by atoms with van der Waals surface area (Å²) >= 11 is 0. The van der Waals surface area contributed by atoms with E-state index in [0.717, 1.165) is 83.5 Å². The zero-order chi connectivity index (χ0) is 22.9. The smallest absolute Gasteiger partial charge is 0.125 e. The number of hydrogen-bond donors (Lipinski definition) is 0. The molecule has 180 valence electrons. The van der Waals surface area contributed by atoms with Gasteiger partial charge in [0, 0.05) is 0 Å². The van der Waals surface area contributed by atoms with Gasteiger partial charge in [0.25, 0.3) is 0 Å². The first-order valence-electron chi connectivity index (χ1n) is 12.3. The molecule has 0 saturated heterocycles. The van der Waals surface area contributed by atoms with Crippen molar-refractivity contribution in [2.24, 2.45) is 0 Å². The highest BCUT2D eigenvalue weighted by molar-refractivity contribution is 7.86. The van der Waals surface area contributed by atoms with Crippen molar-refractivity contribution in [3.05, 3.63) is 22.8 Å². The lowest BCUT2D eigenvalue weighted by atomic mass is 9.76. The maximum atomic E-state index is 12.7. The lowest BCUT2D eigenvalue weighted by molar-refractivity contribution is 0.398. The lowest BCUT2D eigenvalue weighted by Gasteiger charge is -2.36. The van der Waals surface area contributed by atoms with Crippen molar-refractivity contribution < 1.29 is 25.9 Å². The predicted molar refractivity (Wildman–Crippen MR) is 120 cm³/mol. The van der Waals surface area contributed by atoms with Gasteiger partial charge in [0.05, 0.1) is 9.79 Å². The third-order valence-electron chi connectivity index (χ3n) is 7.93. The summed E-state index contributed by atoms with van der Waals surface area (Å²) in [7, 11) is -9.89. The van der Waals surface area contributed by atoms with Crippen LogP contribution in [-0.4, -0.2) is 25.9 Å². The Kier molecular flexibility index (Phi) is 7.35. The van der Waals surface area contributed by atoms with Crippen LogP contribution in [0.25, 0.3) is 0 Å². The predicted octanol–water partition coefficient (Wildman–Crippen LogP) is 5.64. The summed E-state index contributed by atoms with van der Waals surface area (Å²) in [5, 5.41) is 0. The molecular formula is C24H34O6S2-2. The first-order valence-corrected chi connectivity index (χ1v) is 15.1. The van der Waals surface area contributed by atoms with Crippen molar-refractivity contribution >= 4 is 20.2 Å². The van der Waals surface area contributed by atoms with Gasteiger partial charge in [-0.3, -0.25) is 0 Å². The highest BCUT2D eigenvalue weighted by atomic mass is 32.2. The van der Waals surface area contributed by atoms with Gasteiger partial charge in [-0.1, -0.05) is 63.9 Å². The Bertz CT molecular complexity index is 954. The third-order valence-corrected chi connectivity index (χ3v) is 9.84. The van der Waals surface area contributed by atoms with Gasteiger partial charge in [-0.2, -0.15) is 0 Å². The Hall–Kier alpha value is -0.960. The maximum Gasteiger partial charge on any atom is 0.125 e. The summed E-state index contributed by atoms with van der Waals surface area (Å²) in [5.41, 5.74) is 1.04. The van der Waals surface area contributed by atoms with E-state index in [4.69, 9.17) is 0 Å². The van der Waals surface area contributed by atoms with Crippen LogP contribution in [0.15, 0.2) is 15.9 Å². The van der Waals surface area contributed by atoms with Gasteiger partial charge in [-0.05, 0) is 73.0 Å². The highest BCUT2D eigenvalue weighted by Crippen LogP contribution is 2.49. The van der Waals surface area contributed by atoms with Crippen molar-refractivity contribution in [1.82, 2.24) is 0 Å². The number of hydrogen-bond acceptors (Lipinski definition) is 6. The van der Waals surface area contributed by atoms with Gasteiger partial charge in [-0.25, -0.2) is 16.8 Å². The molecule has 0 unspecified atom stereocenters. The molecule has 3 fully saturated rings. The molecule has 1 aromatic rings. The van der Waals surface area contributed by atoms with Crippen LogP contribution in [0.1, 0.15) is 131 Å². The van der Waals surface area contributed by atoms with Crippen molar-refractivity contribution in [2.75, 3.05) is 0 Å². The lowest BCUT2D eigenvalue weighted by Crippen LogP contribution is -2.23. The summed E-state index contributed by atoms with van der Waals surface area (Å²) in [4.78, 5) is -0.740. The van der Waals surface area contributed by atoms with Gasteiger partial charge < -0.3 is 9.11 Å². The average molecular weight is 483 g/mol. The molecule has 0 N–H and O–H groups in total. The second kappa shape index (κ2) is 9.72.